The van der Waals surface area contributed by atoms with Crippen LogP contribution in [0.2, 0.25) is 0 Å². The molecular weight excluding hydrogens is 429 g/mol. The summed E-state index contributed by atoms with van der Waals surface area (Å²) in [5, 5.41) is 9.58. The third kappa shape index (κ3) is 4.82. The Kier molecular flexibility index (Phi) is 6.58. The van der Waals surface area contributed by atoms with Crippen LogP contribution in [0.15, 0.2) is 48.7 Å². The second-order valence-corrected chi connectivity index (χ2v) is 7.54. The molecule has 172 valence electrons. The van der Waals surface area contributed by atoms with Gasteiger partial charge in [-0.3, -0.25) is 0 Å². The number of nitrogens with zero attached hydrogens (tertiary/aromatic N) is 3. The highest BCUT2D eigenvalue weighted by Crippen LogP contribution is 2.40. The molecule has 1 saturated heterocycles. The van der Waals surface area contributed by atoms with Gasteiger partial charge in [-0.1, -0.05) is 0 Å². The van der Waals surface area contributed by atoms with E-state index in [2.05, 4.69) is 9.97 Å². The molecule has 2 heterocycles. The van der Waals surface area contributed by atoms with Crippen LogP contribution in [-0.2, 0) is 6.61 Å². The van der Waals surface area contributed by atoms with Gasteiger partial charge in [-0.15, -0.1) is 0 Å². The molecule has 0 saturated carbocycles. The van der Waals surface area contributed by atoms with E-state index in [4.69, 9.17) is 14.2 Å². The predicted molar refractivity (Wildman–Crippen MR) is 119 cm³/mol. The second kappa shape index (κ2) is 9.72. The first-order chi connectivity index (χ1) is 16.0. The molecule has 1 aliphatic rings. The number of rotatable bonds is 8. The standard InChI is InChI=1S/C24H24FN3O5/c1-31-17-9-10-18(22(12-17)32-2)21-4-3-11-28(21)24-26-13-19(23(29)30)20(27-24)14-33-16-7-5-15(25)6-8-16/h5-10,12-13,21H,3-4,11,14H2,1-2H3,(H,29,30). The summed E-state index contributed by atoms with van der Waals surface area (Å²) in [6.07, 6.45) is 3.09. The van der Waals surface area contributed by atoms with Crippen molar-refractivity contribution in [2.75, 3.05) is 25.7 Å². The molecule has 1 N–H and O–H groups in total. The minimum absolute atomic E-state index is 0.0348. The number of anilines is 1. The SMILES string of the molecule is COc1ccc(C2CCCN2c2ncc(C(=O)O)c(COc3ccc(F)cc3)n2)c(OC)c1. The molecule has 1 atom stereocenters. The highest BCUT2D eigenvalue weighted by molar-refractivity contribution is 5.88. The molecule has 0 bridgehead atoms. The topological polar surface area (TPSA) is 94.0 Å². The van der Waals surface area contributed by atoms with Gasteiger partial charge < -0.3 is 24.2 Å². The first kappa shape index (κ1) is 22.3. The fraction of sp³-hybridized carbons (Fsp3) is 0.292. The molecule has 0 spiro atoms. The number of aromatic nitrogens is 2. The van der Waals surface area contributed by atoms with Gasteiger partial charge in [0.05, 0.1) is 26.0 Å². The molecule has 1 aromatic heterocycles. The van der Waals surface area contributed by atoms with Gasteiger partial charge in [-0.05, 0) is 49.2 Å². The lowest BCUT2D eigenvalue weighted by atomic mass is 10.0. The van der Waals surface area contributed by atoms with Gasteiger partial charge in [0.15, 0.2) is 0 Å². The number of hydrogen-bond donors (Lipinski definition) is 1. The zero-order valence-electron chi connectivity index (χ0n) is 18.3. The maximum atomic E-state index is 13.1. The van der Waals surface area contributed by atoms with Crippen molar-refractivity contribution in [2.24, 2.45) is 0 Å². The van der Waals surface area contributed by atoms with E-state index < -0.39 is 5.97 Å². The number of benzene rings is 2. The Hall–Kier alpha value is -3.88. The van der Waals surface area contributed by atoms with Gasteiger partial charge in [-0.2, -0.15) is 0 Å². The number of halogens is 1. The molecular formula is C24H24FN3O5. The van der Waals surface area contributed by atoms with E-state index in [-0.39, 0.29) is 29.7 Å². The summed E-state index contributed by atoms with van der Waals surface area (Å²) in [6, 6.07) is 11.1. The van der Waals surface area contributed by atoms with Crippen LogP contribution >= 0.6 is 0 Å². The van der Waals surface area contributed by atoms with Crippen molar-refractivity contribution in [1.82, 2.24) is 9.97 Å². The van der Waals surface area contributed by atoms with Crippen LogP contribution in [0.3, 0.4) is 0 Å². The van der Waals surface area contributed by atoms with Crippen molar-refractivity contribution < 1.29 is 28.5 Å². The molecule has 1 aliphatic heterocycles. The number of methoxy groups -OCH3 is 2. The van der Waals surface area contributed by atoms with Gasteiger partial charge in [-0.25, -0.2) is 19.2 Å². The van der Waals surface area contributed by atoms with Crippen molar-refractivity contribution in [1.29, 1.82) is 0 Å². The van der Waals surface area contributed by atoms with Gasteiger partial charge in [0.2, 0.25) is 5.95 Å². The van der Waals surface area contributed by atoms with E-state index in [1.54, 1.807) is 14.2 Å². The van der Waals surface area contributed by atoms with Crippen LogP contribution in [0.4, 0.5) is 10.3 Å². The number of carboxylic acid groups (broad SMARTS) is 1. The summed E-state index contributed by atoms with van der Waals surface area (Å²) in [4.78, 5) is 22.6. The van der Waals surface area contributed by atoms with E-state index in [1.165, 1.54) is 30.5 Å². The monoisotopic (exact) mass is 453 g/mol. The van der Waals surface area contributed by atoms with Gasteiger partial charge in [0, 0.05) is 24.4 Å². The van der Waals surface area contributed by atoms with E-state index in [0.29, 0.717) is 29.7 Å². The van der Waals surface area contributed by atoms with Crippen LogP contribution in [0.5, 0.6) is 17.2 Å². The summed E-state index contributed by atoms with van der Waals surface area (Å²) in [5.41, 5.74) is 1.17. The van der Waals surface area contributed by atoms with Crippen molar-refractivity contribution in [3.05, 3.63) is 71.3 Å². The summed E-state index contributed by atoms with van der Waals surface area (Å²) in [7, 11) is 3.21. The number of carbonyl (C=O) groups is 1. The molecule has 9 heteroatoms. The van der Waals surface area contributed by atoms with Crippen LogP contribution < -0.4 is 19.1 Å². The van der Waals surface area contributed by atoms with E-state index in [0.717, 1.165) is 18.4 Å². The second-order valence-electron chi connectivity index (χ2n) is 7.54. The quantitative estimate of drug-likeness (QED) is 0.541. The Morgan fingerprint density at radius 2 is 1.91 bits per heavy atom. The molecule has 8 nitrogen and oxygen atoms in total. The highest BCUT2D eigenvalue weighted by Gasteiger charge is 2.31. The van der Waals surface area contributed by atoms with Gasteiger partial charge in [0.1, 0.15) is 35.2 Å². The van der Waals surface area contributed by atoms with Crippen molar-refractivity contribution >= 4 is 11.9 Å². The Balaban J connectivity index is 1.63. The minimum atomic E-state index is -1.14. The Labute approximate surface area is 190 Å². The Morgan fingerprint density at radius 3 is 2.61 bits per heavy atom. The lowest BCUT2D eigenvalue weighted by molar-refractivity contribution is 0.0692. The van der Waals surface area contributed by atoms with Gasteiger partial charge in [0.25, 0.3) is 0 Å². The highest BCUT2D eigenvalue weighted by atomic mass is 19.1. The maximum absolute atomic E-state index is 13.1. The van der Waals surface area contributed by atoms with Gasteiger partial charge >= 0.3 is 5.97 Å². The van der Waals surface area contributed by atoms with E-state index >= 15 is 0 Å². The molecule has 0 radical (unpaired) electrons. The normalized spacial score (nSPS) is 15.4. The summed E-state index contributed by atoms with van der Waals surface area (Å²) >= 11 is 0. The Morgan fingerprint density at radius 1 is 1.15 bits per heavy atom. The van der Waals surface area contributed by atoms with Crippen molar-refractivity contribution in [3.8, 4) is 17.2 Å². The van der Waals surface area contributed by atoms with Crippen molar-refractivity contribution in [2.45, 2.75) is 25.5 Å². The molecule has 4 rings (SSSR count). The summed E-state index contributed by atoms with van der Waals surface area (Å²) < 4.78 is 29.7. The zero-order valence-corrected chi connectivity index (χ0v) is 18.3. The van der Waals surface area contributed by atoms with Crippen LogP contribution in [0, 0.1) is 5.82 Å². The first-order valence-corrected chi connectivity index (χ1v) is 10.5. The van der Waals surface area contributed by atoms with E-state index in [1.807, 2.05) is 23.1 Å². The largest absolute Gasteiger partial charge is 0.497 e. The van der Waals surface area contributed by atoms with Crippen molar-refractivity contribution in [3.63, 3.8) is 0 Å². The molecule has 3 aromatic rings. The third-order valence-corrected chi connectivity index (χ3v) is 5.58. The summed E-state index contributed by atoms with van der Waals surface area (Å²) in [6.45, 7) is 0.623. The lowest BCUT2D eigenvalue weighted by Crippen LogP contribution is -2.26. The molecule has 0 amide bonds. The number of carboxylic acids is 1. The number of hydrogen-bond acceptors (Lipinski definition) is 7. The van der Waals surface area contributed by atoms with Crippen LogP contribution in [-0.4, -0.2) is 41.8 Å². The molecule has 0 aliphatic carbocycles. The Bertz CT molecular complexity index is 1140. The average molecular weight is 453 g/mol. The maximum Gasteiger partial charge on any atom is 0.339 e. The fourth-order valence-corrected chi connectivity index (χ4v) is 3.94. The third-order valence-electron chi connectivity index (χ3n) is 5.58. The average Bonchev–Trinajstić information content (AvgIpc) is 3.32. The predicted octanol–water partition coefficient (Wildman–Crippen LogP) is 4.25. The van der Waals surface area contributed by atoms with E-state index in [9.17, 15) is 14.3 Å². The van der Waals surface area contributed by atoms with Crippen LogP contribution in [0.25, 0.3) is 0 Å². The number of ether oxygens (including phenoxy) is 3. The minimum Gasteiger partial charge on any atom is -0.497 e. The molecule has 33 heavy (non-hydrogen) atoms. The fourth-order valence-electron chi connectivity index (χ4n) is 3.94. The smallest absolute Gasteiger partial charge is 0.339 e. The first-order valence-electron chi connectivity index (χ1n) is 10.5. The van der Waals surface area contributed by atoms with Crippen LogP contribution in [0.1, 0.15) is 40.5 Å². The number of aromatic carboxylic acids is 1. The lowest BCUT2D eigenvalue weighted by Gasteiger charge is -2.27. The zero-order chi connectivity index (χ0) is 23.4. The summed E-state index contributed by atoms with van der Waals surface area (Å²) in [5.74, 6) is 0.699. The molecule has 2 aromatic carbocycles. The molecule has 1 unspecified atom stereocenters. The molecule has 1 fully saturated rings.